The third-order valence-corrected chi connectivity index (χ3v) is 4.30. The SMILES string of the molecule is CS(=O)(=O)Nc1ccccc1NCc1cc(Cl)ccc1Br. The normalized spacial score (nSPS) is 11.2. The lowest BCUT2D eigenvalue weighted by molar-refractivity contribution is 0.607. The third kappa shape index (κ3) is 4.91. The van der Waals surface area contributed by atoms with Crippen molar-refractivity contribution >= 4 is 48.9 Å². The third-order valence-electron chi connectivity index (χ3n) is 2.70. The fourth-order valence-corrected chi connectivity index (χ4v) is 2.95. The molecule has 21 heavy (non-hydrogen) atoms. The van der Waals surface area contributed by atoms with Crippen molar-refractivity contribution in [3.8, 4) is 0 Å². The van der Waals surface area contributed by atoms with E-state index >= 15 is 0 Å². The van der Waals surface area contributed by atoms with E-state index < -0.39 is 10.0 Å². The van der Waals surface area contributed by atoms with Crippen LogP contribution in [0.3, 0.4) is 0 Å². The van der Waals surface area contributed by atoms with Gasteiger partial charge in [-0.15, -0.1) is 0 Å². The maximum absolute atomic E-state index is 11.4. The summed E-state index contributed by atoms with van der Waals surface area (Å²) in [6.07, 6.45) is 1.12. The molecule has 0 aliphatic carbocycles. The van der Waals surface area contributed by atoms with Gasteiger partial charge in [0.05, 0.1) is 17.6 Å². The van der Waals surface area contributed by atoms with Gasteiger partial charge < -0.3 is 5.32 Å². The Hall–Kier alpha value is -1.24. The van der Waals surface area contributed by atoms with Crippen LogP contribution in [0.1, 0.15) is 5.56 Å². The lowest BCUT2D eigenvalue weighted by Crippen LogP contribution is -2.12. The molecule has 2 aromatic carbocycles. The van der Waals surface area contributed by atoms with E-state index in [0.29, 0.717) is 22.9 Å². The van der Waals surface area contributed by atoms with Crippen molar-refractivity contribution in [2.45, 2.75) is 6.54 Å². The summed E-state index contributed by atoms with van der Waals surface area (Å²) in [7, 11) is -3.32. The van der Waals surface area contributed by atoms with Gasteiger partial charge in [-0.1, -0.05) is 39.7 Å². The molecule has 2 N–H and O–H groups in total. The van der Waals surface area contributed by atoms with Crippen LogP contribution >= 0.6 is 27.5 Å². The summed E-state index contributed by atoms with van der Waals surface area (Å²) in [5.74, 6) is 0. The Morgan fingerprint density at radius 1 is 1.14 bits per heavy atom. The summed E-state index contributed by atoms with van der Waals surface area (Å²) >= 11 is 9.44. The van der Waals surface area contributed by atoms with Crippen LogP contribution in [0, 0.1) is 0 Å². The van der Waals surface area contributed by atoms with Gasteiger partial charge in [-0.05, 0) is 35.9 Å². The van der Waals surface area contributed by atoms with E-state index in [1.54, 1.807) is 18.2 Å². The molecule has 0 bridgehead atoms. The van der Waals surface area contributed by atoms with Crippen molar-refractivity contribution in [3.05, 3.63) is 57.5 Å². The van der Waals surface area contributed by atoms with Gasteiger partial charge in [0, 0.05) is 16.0 Å². The summed E-state index contributed by atoms with van der Waals surface area (Å²) in [4.78, 5) is 0. The first-order valence-corrected chi connectivity index (χ1v) is 9.16. The Kier molecular flexibility index (Phi) is 5.13. The Labute approximate surface area is 137 Å². The number of benzene rings is 2. The van der Waals surface area contributed by atoms with E-state index in [0.717, 1.165) is 16.3 Å². The Bertz CT molecular complexity index is 750. The van der Waals surface area contributed by atoms with Crippen LogP contribution in [0.5, 0.6) is 0 Å². The van der Waals surface area contributed by atoms with Crippen LogP contribution in [0.15, 0.2) is 46.9 Å². The molecule has 0 aromatic heterocycles. The van der Waals surface area contributed by atoms with Crippen LogP contribution in [-0.2, 0) is 16.6 Å². The first-order chi connectivity index (χ1) is 9.85. The molecule has 0 fully saturated rings. The predicted octanol–water partition coefficient (Wildman–Crippen LogP) is 4.09. The highest BCUT2D eigenvalue weighted by Gasteiger charge is 2.07. The zero-order valence-electron chi connectivity index (χ0n) is 11.2. The minimum atomic E-state index is -3.32. The van der Waals surface area contributed by atoms with Crippen molar-refractivity contribution in [2.75, 3.05) is 16.3 Å². The molecule has 2 aromatic rings. The first kappa shape index (κ1) is 16.1. The fraction of sp³-hybridized carbons (Fsp3) is 0.143. The zero-order valence-corrected chi connectivity index (χ0v) is 14.4. The van der Waals surface area contributed by atoms with E-state index in [1.165, 1.54) is 0 Å². The predicted molar refractivity (Wildman–Crippen MR) is 91.4 cm³/mol. The van der Waals surface area contributed by atoms with E-state index in [-0.39, 0.29) is 0 Å². The molecule has 0 atom stereocenters. The molecule has 0 unspecified atom stereocenters. The minimum Gasteiger partial charge on any atom is -0.379 e. The van der Waals surface area contributed by atoms with Gasteiger partial charge in [0.2, 0.25) is 10.0 Å². The lowest BCUT2D eigenvalue weighted by Gasteiger charge is -2.13. The monoisotopic (exact) mass is 388 g/mol. The fourth-order valence-electron chi connectivity index (χ4n) is 1.80. The number of para-hydroxylation sites is 2. The van der Waals surface area contributed by atoms with Crippen LogP contribution < -0.4 is 10.0 Å². The van der Waals surface area contributed by atoms with Crippen molar-refractivity contribution in [2.24, 2.45) is 0 Å². The number of halogens is 2. The van der Waals surface area contributed by atoms with Gasteiger partial charge in [0.25, 0.3) is 0 Å². The maximum atomic E-state index is 11.4. The molecule has 0 amide bonds. The molecule has 4 nitrogen and oxygen atoms in total. The maximum Gasteiger partial charge on any atom is 0.229 e. The van der Waals surface area contributed by atoms with Crippen molar-refractivity contribution in [1.82, 2.24) is 0 Å². The first-order valence-electron chi connectivity index (χ1n) is 6.10. The molecular weight excluding hydrogens is 376 g/mol. The van der Waals surface area contributed by atoms with Crippen LogP contribution in [0.2, 0.25) is 5.02 Å². The summed E-state index contributed by atoms with van der Waals surface area (Å²) in [5, 5.41) is 3.86. The molecule has 0 spiro atoms. The Balaban J connectivity index is 2.18. The highest BCUT2D eigenvalue weighted by Crippen LogP contribution is 2.25. The van der Waals surface area contributed by atoms with Crippen molar-refractivity contribution in [3.63, 3.8) is 0 Å². The average Bonchev–Trinajstić information content (AvgIpc) is 2.39. The van der Waals surface area contributed by atoms with Gasteiger partial charge in [0.1, 0.15) is 0 Å². The van der Waals surface area contributed by atoms with Gasteiger partial charge in [-0.2, -0.15) is 0 Å². The molecule has 0 saturated heterocycles. The number of hydrogen-bond acceptors (Lipinski definition) is 3. The largest absolute Gasteiger partial charge is 0.379 e. The number of sulfonamides is 1. The average molecular weight is 390 g/mol. The van der Waals surface area contributed by atoms with Crippen LogP contribution in [-0.4, -0.2) is 14.7 Å². The highest BCUT2D eigenvalue weighted by atomic mass is 79.9. The molecular formula is C14H14BrClN2O2S. The molecule has 0 aliphatic heterocycles. The standard InChI is InChI=1S/C14H14BrClN2O2S/c1-21(19,20)18-14-5-3-2-4-13(14)17-9-10-8-11(16)6-7-12(10)15/h2-8,17-18H,9H2,1H3. The smallest absolute Gasteiger partial charge is 0.229 e. The number of nitrogens with one attached hydrogen (secondary N) is 2. The summed E-state index contributed by atoms with van der Waals surface area (Å²) < 4.78 is 26.1. The molecule has 0 aliphatic rings. The molecule has 0 heterocycles. The Morgan fingerprint density at radius 3 is 2.48 bits per heavy atom. The Morgan fingerprint density at radius 2 is 1.81 bits per heavy atom. The highest BCUT2D eigenvalue weighted by molar-refractivity contribution is 9.10. The van der Waals surface area contributed by atoms with Gasteiger partial charge in [-0.25, -0.2) is 8.42 Å². The quantitative estimate of drug-likeness (QED) is 0.810. The topological polar surface area (TPSA) is 58.2 Å². The van der Waals surface area contributed by atoms with E-state index in [2.05, 4.69) is 26.0 Å². The van der Waals surface area contributed by atoms with Crippen LogP contribution in [0.4, 0.5) is 11.4 Å². The van der Waals surface area contributed by atoms with Crippen molar-refractivity contribution in [1.29, 1.82) is 0 Å². The summed E-state index contributed by atoms with van der Waals surface area (Å²) in [5.41, 5.74) is 2.20. The van der Waals surface area contributed by atoms with E-state index in [9.17, 15) is 8.42 Å². The second kappa shape index (κ2) is 6.68. The molecule has 0 saturated carbocycles. The number of hydrogen-bond donors (Lipinski definition) is 2. The lowest BCUT2D eigenvalue weighted by atomic mass is 10.2. The molecule has 7 heteroatoms. The molecule has 112 valence electrons. The zero-order chi connectivity index (χ0) is 15.5. The van der Waals surface area contributed by atoms with E-state index in [4.69, 9.17) is 11.6 Å². The summed E-state index contributed by atoms with van der Waals surface area (Å²) in [6.45, 7) is 0.517. The number of anilines is 2. The second-order valence-corrected chi connectivity index (χ2v) is 7.55. The van der Waals surface area contributed by atoms with Gasteiger partial charge in [-0.3, -0.25) is 4.72 Å². The second-order valence-electron chi connectivity index (χ2n) is 4.51. The number of rotatable bonds is 5. The minimum absolute atomic E-state index is 0.512. The molecule has 2 rings (SSSR count). The molecule has 0 radical (unpaired) electrons. The van der Waals surface area contributed by atoms with Crippen molar-refractivity contribution < 1.29 is 8.42 Å². The van der Waals surface area contributed by atoms with E-state index in [1.807, 2.05) is 24.3 Å². The van der Waals surface area contributed by atoms with Gasteiger partial charge in [0.15, 0.2) is 0 Å². The summed E-state index contributed by atoms with van der Waals surface area (Å²) in [6, 6.07) is 12.7. The van der Waals surface area contributed by atoms with Crippen LogP contribution in [0.25, 0.3) is 0 Å². The van der Waals surface area contributed by atoms with Gasteiger partial charge >= 0.3 is 0 Å².